The largest absolute Gasteiger partial charge is 0.466 e. The van der Waals surface area contributed by atoms with Crippen molar-refractivity contribution in [3.63, 3.8) is 0 Å². The van der Waals surface area contributed by atoms with Gasteiger partial charge in [-0.2, -0.15) is 0 Å². The number of nitrogens with one attached hydrogen (secondary N) is 3. The number of unbranched alkanes of at least 4 members (excludes halogenated alkanes) is 2. The first-order valence-corrected chi connectivity index (χ1v) is 14.5. The second kappa shape index (κ2) is 14.7. The molecule has 0 saturated carbocycles. The van der Waals surface area contributed by atoms with E-state index in [0.29, 0.717) is 45.1 Å². The Hall–Kier alpha value is -3.76. The lowest BCUT2D eigenvalue weighted by Crippen LogP contribution is -2.64. The molecule has 41 heavy (non-hydrogen) atoms. The fourth-order valence-electron chi connectivity index (χ4n) is 5.19. The third-order valence-electron chi connectivity index (χ3n) is 7.46. The van der Waals surface area contributed by atoms with Crippen LogP contribution in [0.25, 0.3) is 0 Å². The Morgan fingerprint density at radius 2 is 1.71 bits per heavy atom. The third kappa shape index (κ3) is 9.12. The van der Waals surface area contributed by atoms with Crippen LogP contribution in [0.2, 0.25) is 0 Å². The zero-order valence-corrected chi connectivity index (χ0v) is 24.2. The van der Waals surface area contributed by atoms with Gasteiger partial charge in [0.25, 0.3) is 0 Å². The molecule has 1 aromatic carbocycles. The Balaban J connectivity index is 1.69. The van der Waals surface area contributed by atoms with Crippen LogP contribution in [0.3, 0.4) is 0 Å². The summed E-state index contributed by atoms with van der Waals surface area (Å²) in [6.45, 7) is 5.41. The van der Waals surface area contributed by atoms with E-state index < -0.39 is 47.4 Å². The summed E-state index contributed by atoms with van der Waals surface area (Å²) in [5.74, 6) is -2.46. The Morgan fingerprint density at radius 1 is 0.976 bits per heavy atom. The first-order chi connectivity index (χ1) is 19.5. The Labute approximate surface area is 241 Å². The molecule has 0 aliphatic carbocycles. The molecule has 0 radical (unpaired) electrons. The Bertz CT molecular complexity index is 1120. The number of carbonyl (C=O) groups is 6. The van der Waals surface area contributed by atoms with E-state index in [-0.39, 0.29) is 37.6 Å². The summed E-state index contributed by atoms with van der Waals surface area (Å²) in [7, 11) is 0. The van der Waals surface area contributed by atoms with E-state index in [1.807, 2.05) is 30.3 Å². The molecular formula is C30H42N4O7. The predicted molar refractivity (Wildman–Crippen MR) is 150 cm³/mol. The average molecular weight is 571 g/mol. The summed E-state index contributed by atoms with van der Waals surface area (Å²) in [4.78, 5) is 78.7. The highest BCUT2D eigenvalue weighted by atomic mass is 16.5. The lowest BCUT2D eigenvalue weighted by Gasteiger charge is -2.34. The van der Waals surface area contributed by atoms with Gasteiger partial charge in [0, 0.05) is 19.4 Å². The fraction of sp³-hybridized carbons (Fsp3) is 0.600. The van der Waals surface area contributed by atoms with Crippen molar-refractivity contribution in [1.82, 2.24) is 20.9 Å². The van der Waals surface area contributed by atoms with Gasteiger partial charge in [0.05, 0.1) is 6.61 Å². The number of amides is 4. The van der Waals surface area contributed by atoms with Crippen LogP contribution in [0.4, 0.5) is 0 Å². The second-order valence-corrected chi connectivity index (χ2v) is 11.2. The maximum absolute atomic E-state index is 13.7. The molecule has 3 rings (SSSR count). The van der Waals surface area contributed by atoms with Crippen LogP contribution < -0.4 is 16.0 Å². The van der Waals surface area contributed by atoms with Crippen molar-refractivity contribution in [2.45, 2.75) is 102 Å². The zero-order chi connectivity index (χ0) is 30.0. The lowest BCUT2D eigenvalue weighted by atomic mass is 9.98. The van der Waals surface area contributed by atoms with Crippen LogP contribution in [0.5, 0.6) is 0 Å². The van der Waals surface area contributed by atoms with Crippen molar-refractivity contribution in [3.05, 3.63) is 35.9 Å². The van der Waals surface area contributed by atoms with Crippen molar-refractivity contribution in [1.29, 1.82) is 0 Å². The number of carbonyl (C=O) groups excluding carboxylic acids is 6. The topological polar surface area (TPSA) is 151 Å². The molecule has 2 heterocycles. The van der Waals surface area contributed by atoms with Crippen molar-refractivity contribution in [2.24, 2.45) is 0 Å². The Kier molecular flexibility index (Phi) is 11.4. The number of hydrogen-bond acceptors (Lipinski definition) is 7. The van der Waals surface area contributed by atoms with E-state index >= 15 is 0 Å². The molecule has 2 aliphatic heterocycles. The number of Topliss-reactive ketones (excluding diaryl/α,β-unsaturated/α-hetero) is 1. The predicted octanol–water partition coefficient (Wildman–Crippen LogP) is 1.57. The summed E-state index contributed by atoms with van der Waals surface area (Å²) in [5, 5.41) is 8.42. The van der Waals surface area contributed by atoms with Gasteiger partial charge in [-0.1, -0.05) is 43.2 Å². The molecule has 1 aromatic rings. The van der Waals surface area contributed by atoms with Gasteiger partial charge in [-0.3, -0.25) is 28.8 Å². The number of rotatable bonds is 11. The number of esters is 1. The van der Waals surface area contributed by atoms with Crippen LogP contribution >= 0.6 is 0 Å². The SMILES string of the molecule is CCOC(=O)CC(=O)CCCCC[C@@H]1NC(=O)[C@H]2CCCN2C(=O)[C@H](Cc2ccccc2)NC(=O)C(C)(C)NC1=O. The molecule has 3 atom stereocenters. The molecule has 0 spiro atoms. The Morgan fingerprint density at radius 3 is 2.41 bits per heavy atom. The first kappa shape index (κ1) is 31.8. The van der Waals surface area contributed by atoms with Crippen LogP contribution in [-0.4, -0.2) is 77.1 Å². The van der Waals surface area contributed by atoms with Gasteiger partial charge in [0.15, 0.2) is 0 Å². The molecule has 0 bridgehead atoms. The summed E-state index contributed by atoms with van der Waals surface area (Å²) in [5.41, 5.74) is -0.485. The number of benzene rings is 1. The minimum atomic E-state index is -1.35. The minimum Gasteiger partial charge on any atom is -0.466 e. The molecule has 2 aliphatic rings. The highest BCUT2D eigenvalue weighted by Gasteiger charge is 2.42. The molecule has 4 amide bonds. The van der Waals surface area contributed by atoms with Gasteiger partial charge in [-0.05, 0) is 52.0 Å². The highest BCUT2D eigenvalue weighted by molar-refractivity contribution is 5.99. The minimum absolute atomic E-state index is 0.204. The van der Waals surface area contributed by atoms with Crippen molar-refractivity contribution in [2.75, 3.05) is 13.2 Å². The van der Waals surface area contributed by atoms with Crippen LogP contribution in [0, 0.1) is 0 Å². The molecule has 224 valence electrons. The van der Waals surface area contributed by atoms with Crippen molar-refractivity contribution >= 4 is 35.4 Å². The van der Waals surface area contributed by atoms with Crippen molar-refractivity contribution in [3.8, 4) is 0 Å². The molecule has 2 saturated heterocycles. The number of nitrogens with zero attached hydrogens (tertiary/aromatic N) is 1. The standard InChI is InChI=1S/C30H42N4O7/c1-4-41-25(36)19-21(35)14-9-6-10-15-22-26(37)33-30(2,3)29(40)32-23(18-20-12-7-5-8-13-20)28(39)34-17-11-16-24(34)27(38)31-22/h5,7-8,12-13,22-24H,4,6,9-11,14-19H2,1-3H3,(H,31,38)(H,32,40)(H,33,37)/t22-,23-,24+/m0/s1. The van der Waals surface area contributed by atoms with Gasteiger partial charge in [0.1, 0.15) is 35.9 Å². The molecule has 0 aromatic heterocycles. The number of hydrogen-bond donors (Lipinski definition) is 3. The average Bonchev–Trinajstić information content (AvgIpc) is 3.41. The summed E-state index contributed by atoms with van der Waals surface area (Å²) in [6.07, 6.45) is 3.28. The normalized spacial score (nSPS) is 22.9. The van der Waals surface area contributed by atoms with E-state index in [1.54, 1.807) is 20.8 Å². The van der Waals surface area contributed by atoms with Crippen LogP contribution in [0.1, 0.15) is 77.7 Å². The zero-order valence-electron chi connectivity index (χ0n) is 24.2. The molecule has 11 heteroatoms. The first-order valence-electron chi connectivity index (χ1n) is 14.5. The highest BCUT2D eigenvalue weighted by Crippen LogP contribution is 2.21. The summed E-state index contributed by atoms with van der Waals surface area (Å²) >= 11 is 0. The maximum Gasteiger partial charge on any atom is 0.313 e. The number of ether oxygens (including phenoxy) is 1. The quantitative estimate of drug-likeness (QED) is 0.208. The molecular weight excluding hydrogens is 528 g/mol. The van der Waals surface area contributed by atoms with Crippen molar-refractivity contribution < 1.29 is 33.5 Å². The van der Waals surface area contributed by atoms with E-state index in [4.69, 9.17) is 4.74 Å². The molecule has 2 fully saturated rings. The molecule has 0 unspecified atom stereocenters. The van der Waals surface area contributed by atoms with E-state index in [0.717, 1.165) is 5.56 Å². The van der Waals surface area contributed by atoms with Crippen LogP contribution in [-0.2, 0) is 39.9 Å². The maximum atomic E-state index is 13.7. The van der Waals surface area contributed by atoms with Gasteiger partial charge in [-0.15, -0.1) is 0 Å². The summed E-state index contributed by atoms with van der Waals surface area (Å²) < 4.78 is 4.80. The van der Waals surface area contributed by atoms with Gasteiger partial charge < -0.3 is 25.6 Å². The van der Waals surface area contributed by atoms with E-state index in [2.05, 4.69) is 16.0 Å². The number of ketones is 1. The molecule has 3 N–H and O–H groups in total. The third-order valence-corrected chi connectivity index (χ3v) is 7.46. The second-order valence-electron chi connectivity index (χ2n) is 11.2. The van der Waals surface area contributed by atoms with E-state index in [1.165, 1.54) is 4.90 Å². The summed E-state index contributed by atoms with van der Waals surface area (Å²) in [6, 6.07) is 6.78. The van der Waals surface area contributed by atoms with Gasteiger partial charge >= 0.3 is 5.97 Å². The van der Waals surface area contributed by atoms with E-state index in [9.17, 15) is 28.8 Å². The van der Waals surface area contributed by atoms with Crippen LogP contribution in [0.15, 0.2) is 30.3 Å². The monoisotopic (exact) mass is 570 g/mol. The lowest BCUT2D eigenvalue weighted by molar-refractivity contribution is -0.145. The number of fused-ring (bicyclic) bond motifs is 1. The smallest absolute Gasteiger partial charge is 0.313 e. The van der Waals surface area contributed by atoms with Gasteiger partial charge in [-0.25, -0.2) is 0 Å². The molecule has 11 nitrogen and oxygen atoms in total. The van der Waals surface area contributed by atoms with Gasteiger partial charge in [0.2, 0.25) is 23.6 Å². The fourth-order valence-corrected chi connectivity index (χ4v) is 5.19.